The first-order chi connectivity index (χ1) is 7.10. The van der Waals surface area contributed by atoms with Gasteiger partial charge >= 0.3 is 5.97 Å². The normalized spacial score (nSPS) is 9.40. The van der Waals surface area contributed by atoms with Crippen molar-refractivity contribution in [3.05, 3.63) is 28.3 Å². The third kappa shape index (κ3) is 2.39. The number of nitriles is 1. The summed E-state index contributed by atoms with van der Waals surface area (Å²) in [6.07, 6.45) is -0.293. The minimum absolute atomic E-state index is 0.180. The van der Waals surface area contributed by atoms with Gasteiger partial charge in [-0.3, -0.25) is 4.79 Å². The van der Waals surface area contributed by atoms with Crippen molar-refractivity contribution in [3.8, 4) is 11.8 Å². The first kappa shape index (κ1) is 11.3. The number of halogens is 1. The third-order valence-electron chi connectivity index (χ3n) is 1.88. The Balaban J connectivity index is 3.30. The smallest absolute Gasteiger partial charge is 0.307 e. The summed E-state index contributed by atoms with van der Waals surface area (Å²) < 4.78 is 4.93. The SMILES string of the molecule is COc1ccc(C#N)c(CC(=O)O)c1Cl. The Labute approximate surface area is 91.7 Å². The number of benzene rings is 1. The number of aliphatic carboxylic acids is 1. The molecule has 5 heteroatoms. The Morgan fingerprint density at radius 1 is 1.67 bits per heavy atom. The largest absolute Gasteiger partial charge is 0.495 e. The maximum atomic E-state index is 10.6. The summed E-state index contributed by atoms with van der Waals surface area (Å²) in [5, 5.41) is 17.6. The van der Waals surface area contributed by atoms with E-state index >= 15 is 0 Å². The van der Waals surface area contributed by atoms with E-state index < -0.39 is 5.97 Å². The van der Waals surface area contributed by atoms with Crippen LogP contribution in [0.25, 0.3) is 0 Å². The maximum absolute atomic E-state index is 10.6. The molecule has 0 unspecified atom stereocenters. The Kier molecular flexibility index (Phi) is 3.53. The van der Waals surface area contributed by atoms with Crippen LogP contribution < -0.4 is 4.74 Å². The van der Waals surface area contributed by atoms with Gasteiger partial charge in [-0.1, -0.05) is 11.6 Å². The molecule has 1 aromatic rings. The molecule has 0 bridgehead atoms. The van der Waals surface area contributed by atoms with Crippen LogP contribution >= 0.6 is 11.6 Å². The van der Waals surface area contributed by atoms with Gasteiger partial charge in [-0.05, 0) is 12.1 Å². The summed E-state index contributed by atoms with van der Waals surface area (Å²) in [5.41, 5.74) is 0.536. The average Bonchev–Trinajstić information content (AvgIpc) is 2.20. The Morgan fingerprint density at radius 2 is 2.33 bits per heavy atom. The summed E-state index contributed by atoms with van der Waals surface area (Å²) in [6.45, 7) is 0. The van der Waals surface area contributed by atoms with E-state index in [9.17, 15) is 4.79 Å². The monoisotopic (exact) mass is 225 g/mol. The lowest BCUT2D eigenvalue weighted by Gasteiger charge is -2.08. The molecule has 0 saturated carbocycles. The number of rotatable bonds is 3. The molecule has 0 spiro atoms. The number of hydrogen-bond acceptors (Lipinski definition) is 3. The summed E-state index contributed by atoms with van der Waals surface area (Å²) in [6, 6.07) is 4.91. The second-order valence-electron chi connectivity index (χ2n) is 2.79. The molecule has 1 N–H and O–H groups in total. The van der Waals surface area contributed by atoms with E-state index in [1.165, 1.54) is 19.2 Å². The van der Waals surface area contributed by atoms with Crippen LogP contribution in [0.4, 0.5) is 0 Å². The van der Waals surface area contributed by atoms with Crippen molar-refractivity contribution in [2.24, 2.45) is 0 Å². The highest BCUT2D eigenvalue weighted by Gasteiger charge is 2.14. The van der Waals surface area contributed by atoms with Gasteiger partial charge in [0, 0.05) is 5.56 Å². The molecule has 78 valence electrons. The van der Waals surface area contributed by atoms with Crippen LogP contribution in [0.3, 0.4) is 0 Å². The number of nitrogens with zero attached hydrogens (tertiary/aromatic N) is 1. The number of hydrogen-bond donors (Lipinski definition) is 1. The highest BCUT2D eigenvalue weighted by atomic mass is 35.5. The zero-order valence-corrected chi connectivity index (χ0v) is 8.71. The van der Waals surface area contributed by atoms with Gasteiger partial charge in [-0.25, -0.2) is 0 Å². The Bertz CT molecular complexity index is 437. The fourth-order valence-corrected chi connectivity index (χ4v) is 1.49. The van der Waals surface area contributed by atoms with Crippen molar-refractivity contribution in [2.75, 3.05) is 7.11 Å². The van der Waals surface area contributed by atoms with E-state index in [1.807, 2.05) is 6.07 Å². The van der Waals surface area contributed by atoms with Gasteiger partial charge in [0.1, 0.15) is 5.75 Å². The summed E-state index contributed by atoms with van der Waals surface area (Å²) in [7, 11) is 1.43. The van der Waals surface area contributed by atoms with Crippen molar-refractivity contribution >= 4 is 17.6 Å². The zero-order chi connectivity index (χ0) is 11.4. The fraction of sp³-hybridized carbons (Fsp3) is 0.200. The quantitative estimate of drug-likeness (QED) is 0.852. The van der Waals surface area contributed by atoms with Gasteiger partial charge in [0.05, 0.1) is 30.2 Å². The standard InChI is InChI=1S/C10H8ClNO3/c1-15-8-3-2-6(5-12)7(10(8)11)4-9(13)14/h2-3H,4H2,1H3,(H,13,14). The van der Waals surface area contributed by atoms with Crippen molar-refractivity contribution < 1.29 is 14.6 Å². The van der Waals surface area contributed by atoms with E-state index in [0.717, 1.165) is 0 Å². The lowest BCUT2D eigenvalue weighted by molar-refractivity contribution is -0.136. The average molecular weight is 226 g/mol. The van der Waals surface area contributed by atoms with Crippen molar-refractivity contribution in [1.29, 1.82) is 5.26 Å². The van der Waals surface area contributed by atoms with Crippen LogP contribution in [-0.2, 0) is 11.2 Å². The number of methoxy groups -OCH3 is 1. The molecule has 4 nitrogen and oxygen atoms in total. The second-order valence-corrected chi connectivity index (χ2v) is 3.17. The van der Waals surface area contributed by atoms with E-state index in [1.54, 1.807) is 0 Å². The predicted molar refractivity (Wildman–Crippen MR) is 54.1 cm³/mol. The number of carboxylic acid groups (broad SMARTS) is 1. The van der Waals surface area contributed by atoms with Gasteiger partial charge < -0.3 is 9.84 Å². The third-order valence-corrected chi connectivity index (χ3v) is 2.29. The van der Waals surface area contributed by atoms with Crippen LogP contribution in [0.15, 0.2) is 12.1 Å². The first-order valence-corrected chi connectivity index (χ1v) is 4.45. The van der Waals surface area contributed by atoms with Crippen LogP contribution in [-0.4, -0.2) is 18.2 Å². The fourth-order valence-electron chi connectivity index (χ4n) is 1.19. The number of ether oxygens (including phenoxy) is 1. The molecule has 0 amide bonds. The van der Waals surface area contributed by atoms with Crippen LogP contribution in [0.5, 0.6) is 5.75 Å². The topological polar surface area (TPSA) is 70.3 Å². The molecular weight excluding hydrogens is 218 g/mol. The van der Waals surface area contributed by atoms with Crippen LogP contribution in [0.2, 0.25) is 5.02 Å². The van der Waals surface area contributed by atoms with Gasteiger partial charge in [0.2, 0.25) is 0 Å². The molecule has 1 aromatic carbocycles. The van der Waals surface area contributed by atoms with Gasteiger partial charge in [0.15, 0.2) is 0 Å². The van der Waals surface area contributed by atoms with Gasteiger partial charge in [-0.15, -0.1) is 0 Å². The van der Waals surface area contributed by atoms with Crippen LogP contribution in [0.1, 0.15) is 11.1 Å². The Morgan fingerprint density at radius 3 is 2.80 bits per heavy atom. The molecule has 0 radical (unpaired) electrons. The molecule has 0 aliphatic carbocycles. The lowest BCUT2D eigenvalue weighted by Crippen LogP contribution is -2.04. The second kappa shape index (κ2) is 4.67. The summed E-state index contributed by atoms with van der Waals surface area (Å²) >= 11 is 5.90. The zero-order valence-electron chi connectivity index (χ0n) is 7.95. The molecule has 0 aliphatic heterocycles. The molecule has 0 aromatic heterocycles. The molecule has 0 fully saturated rings. The lowest BCUT2D eigenvalue weighted by atomic mass is 10.0. The maximum Gasteiger partial charge on any atom is 0.307 e. The number of carboxylic acids is 1. The number of carbonyl (C=O) groups is 1. The molecular formula is C10H8ClNO3. The van der Waals surface area contributed by atoms with Crippen LogP contribution in [0, 0.1) is 11.3 Å². The van der Waals surface area contributed by atoms with E-state index in [-0.39, 0.29) is 22.6 Å². The first-order valence-electron chi connectivity index (χ1n) is 4.07. The molecule has 0 saturated heterocycles. The van der Waals surface area contributed by atoms with E-state index in [0.29, 0.717) is 5.75 Å². The van der Waals surface area contributed by atoms with Gasteiger partial charge in [0.25, 0.3) is 0 Å². The minimum atomic E-state index is -1.04. The molecule has 15 heavy (non-hydrogen) atoms. The highest BCUT2D eigenvalue weighted by Crippen LogP contribution is 2.30. The Hall–Kier alpha value is -1.73. The molecule has 1 rings (SSSR count). The summed E-state index contributed by atoms with van der Waals surface area (Å²) in [4.78, 5) is 10.6. The molecule has 0 heterocycles. The van der Waals surface area contributed by atoms with Crippen molar-refractivity contribution in [2.45, 2.75) is 6.42 Å². The minimum Gasteiger partial charge on any atom is -0.495 e. The van der Waals surface area contributed by atoms with Crippen molar-refractivity contribution in [1.82, 2.24) is 0 Å². The van der Waals surface area contributed by atoms with Gasteiger partial charge in [-0.2, -0.15) is 5.26 Å². The highest BCUT2D eigenvalue weighted by molar-refractivity contribution is 6.33. The van der Waals surface area contributed by atoms with E-state index in [4.69, 9.17) is 26.7 Å². The van der Waals surface area contributed by atoms with Crippen molar-refractivity contribution in [3.63, 3.8) is 0 Å². The molecule has 0 atom stereocenters. The predicted octanol–water partition coefficient (Wildman–Crippen LogP) is 1.85. The van der Waals surface area contributed by atoms with E-state index in [2.05, 4.69) is 0 Å². The molecule has 0 aliphatic rings. The summed E-state index contributed by atoms with van der Waals surface area (Å²) in [5.74, 6) is -0.673.